The van der Waals surface area contributed by atoms with Crippen LogP contribution in [-0.2, 0) is 6.42 Å². The SMILES string of the molecule is CCNC(c1ccc(F)cc1)c1ncccc1CC. The van der Waals surface area contributed by atoms with Crippen molar-refractivity contribution >= 4 is 0 Å². The van der Waals surface area contributed by atoms with E-state index in [0.717, 1.165) is 24.2 Å². The molecule has 100 valence electrons. The highest BCUT2D eigenvalue weighted by Gasteiger charge is 2.17. The number of rotatable bonds is 5. The smallest absolute Gasteiger partial charge is 0.123 e. The molecule has 0 saturated heterocycles. The van der Waals surface area contributed by atoms with E-state index in [9.17, 15) is 4.39 Å². The van der Waals surface area contributed by atoms with Gasteiger partial charge in [-0.1, -0.05) is 32.0 Å². The molecule has 0 aliphatic heterocycles. The Kier molecular flexibility index (Phi) is 4.63. The molecule has 0 saturated carbocycles. The lowest BCUT2D eigenvalue weighted by molar-refractivity contribution is 0.601. The summed E-state index contributed by atoms with van der Waals surface area (Å²) in [5, 5.41) is 3.42. The molecule has 2 nitrogen and oxygen atoms in total. The van der Waals surface area contributed by atoms with E-state index >= 15 is 0 Å². The van der Waals surface area contributed by atoms with Gasteiger partial charge >= 0.3 is 0 Å². The molecule has 1 aromatic carbocycles. The second kappa shape index (κ2) is 6.43. The van der Waals surface area contributed by atoms with E-state index in [0.29, 0.717) is 0 Å². The van der Waals surface area contributed by atoms with E-state index in [2.05, 4.69) is 30.2 Å². The lowest BCUT2D eigenvalue weighted by Gasteiger charge is -2.20. The van der Waals surface area contributed by atoms with E-state index in [4.69, 9.17) is 0 Å². The first-order chi connectivity index (χ1) is 9.26. The predicted octanol–water partition coefficient (Wildman–Crippen LogP) is 3.48. The summed E-state index contributed by atoms with van der Waals surface area (Å²) >= 11 is 0. The molecule has 0 amide bonds. The fourth-order valence-electron chi connectivity index (χ4n) is 2.24. The maximum absolute atomic E-state index is 13.0. The average Bonchev–Trinajstić information content (AvgIpc) is 2.46. The van der Waals surface area contributed by atoms with Crippen LogP contribution in [0.3, 0.4) is 0 Å². The Hall–Kier alpha value is -1.74. The molecule has 0 aliphatic rings. The van der Waals surface area contributed by atoms with E-state index < -0.39 is 0 Å². The van der Waals surface area contributed by atoms with Crippen molar-refractivity contribution in [2.24, 2.45) is 0 Å². The van der Waals surface area contributed by atoms with Crippen molar-refractivity contribution in [1.29, 1.82) is 0 Å². The third kappa shape index (κ3) is 3.18. The first-order valence-electron chi connectivity index (χ1n) is 6.68. The molecule has 1 N–H and O–H groups in total. The van der Waals surface area contributed by atoms with Crippen molar-refractivity contribution in [3.63, 3.8) is 0 Å². The molecule has 0 fully saturated rings. The fraction of sp³-hybridized carbons (Fsp3) is 0.312. The molecule has 1 unspecified atom stereocenters. The average molecular weight is 258 g/mol. The molecule has 2 rings (SSSR count). The van der Waals surface area contributed by atoms with Crippen molar-refractivity contribution in [1.82, 2.24) is 10.3 Å². The molecule has 0 bridgehead atoms. The number of benzene rings is 1. The minimum atomic E-state index is -0.212. The van der Waals surface area contributed by atoms with Crippen LogP contribution in [-0.4, -0.2) is 11.5 Å². The Morgan fingerprint density at radius 3 is 2.53 bits per heavy atom. The van der Waals surface area contributed by atoms with Gasteiger partial charge in [0, 0.05) is 6.20 Å². The van der Waals surface area contributed by atoms with Gasteiger partial charge < -0.3 is 5.32 Å². The molecular weight excluding hydrogens is 239 g/mol. The number of nitrogens with one attached hydrogen (secondary N) is 1. The van der Waals surface area contributed by atoms with Crippen LogP contribution < -0.4 is 5.32 Å². The molecule has 1 heterocycles. The van der Waals surface area contributed by atoms with Crippen LogP contribution in [0.1, 0.15) is 36.7 Å². The molecule has 2 aromatic rings. The maximum Gasteiger partial charge on any atom is 0.123 e. The summed E-state index contributed by atoms with van der Waals surface area (Å²) in [6.07, 6.45) is 2.74. The van der Waals surface area contributed by atoms with E-state index in [1.54, 1.807) is 0 Å². The molecule has 3 heteroatoms. The van der Waals surface area contributed by atoms with Crippen molar-refractivity contribution in [3.05, 3.63) is 65.2 Å². The van der Waals surface area contributed by atoms with Gasteiger partial charge in [-0.25, -0.2) is 4.39 Å². The molecule has 0 aliphatic carbocycles. The highest BCUT2D eigenvalue weighted by molar-refractivity contribution is 5.33. The van der Waals surface area contributed by atoms with Gasteiger partial charge in [-0.05, 0) is 42.3 Å². The van der Waals surface area contributed by atoms with Crippen molar-refractivity contribution < 1.29 is 4.39 Å². The Morgan fingerprint density at radius 2 is 1.89 bits per heavy atom. The van der Waals surface area contributed by atoms with Gasteiger partial charge in [-0.3, -0.25) is 4.98 Å². The van der Waals surface area contributed by atoms with Crippen LogP contribution in [0.15, 0.2) is 42.6 Å². The second-order valence-electron chi connectivity index (χ2n) is 4.44. The minimum Gasteiger partial charge on any atom is -0.305 e. The zero-order valence-corrected chi connectivity index (χ0v) is 11.4. The first kappa shape index (κ1) is 13.7. The van der Waals surface area contributed by atoms with Crippen LogP contribution in [0.2, 0.25) is 0 Å². The van der Waals surface area contributed by atoms with E-state index in [1.807, 2.05) is 24.4 Å². The Bertz CT molecular complexity index is 523. The zero-order chi connectivity index (χ0) is 13.7. The molecular formula is C16H19FN2. The Balaban J connectivity index is 2.42. The summed E-state index contributed by atoms with van der Waals surface area (Å²) < 4.78 is 13.0. The van der Waals surface area contributed by atoms with Gasteiger partial charge in [0.25, 0.3) is 0 Å². The maximum atomic E-state index is 13.0. The number of halogens is 1. The normalized spacial score (nSPS) is 12.4. The fourth-order valence-corrected chi connectivity index (χ4v) is 2.24. The predicted molar refractivity (Wildman–Crippen MR) is 75.5 cm³/mol. The molecule has 0 spiro atoms. The quantitative estimate of drug-likeness (QED) is 0.888. The van der Waals surface area contributed by atoms with E-state index in [1.165, 1.54) is 17.7 Å². The van der Waals surface area contributed by atoms with Gasteiger partial charge in [0.15, 0.2) is 0 Å². The van der Waals surface area contributed by atoms with Crippen LogP contribution in [0.25, 0.3) is 0 Å². The minimum absolute atomic E-state index is 0.0155. The molecule has 1 aromatic heterocycles. The van der Waals surface area contributed by atoms with E-state index in [-0.39, 0.29) is 11.9 Å². The number of aromatic nitrogens is 1. The van der Waals surface area contributed by atoms with Crippen LogP contribution in [0.5, 0.6) is 0 Å². The van der Waals surface area contributed by atoms with Crippen LogP contribution in [0.4, 0.5) is 4.39 Å². The summed E-state index contributed by atoms with van der Waals surface area (Å²) in [5.41, 5.74) is 3.29. The van der Waals surface area contributed by atoms with Gasteiger partial charge in [-0.2, -0.15) is 0 Å². The Morgan fingerprint density at radius 1 is 1.16 bits per heavy atom. The Labute approximate surface area is 113 Å². The number of aryl methyl sites for hydroxylation is 1. The van der Waals surface area contributed by atoms with Crippen molar-refractivity contribution in [3.8, 4) is 0 Å². The van der Waals surface area contributed by atoms with Crippen molar-refractivity contribution in [2.45, 2.75) is 26.3 Å². The molecule has 19 heavy (non-hydrogen) atoms. The summed E-state index contributed by atoms with van der Waals surface area (Å²) in [4.78, 5) is 4.51. The second-order valence-corrected chi connectivity index (χ2v) is 4.44. The molecule has 1 atom stereocenters. The number of hydrogen-bond donors (Lipinski definition) is 1. The number of nitrogens with zero attached hydrogens (tertiary/aromatic N) is 1. The first-order valence-corrected chi connectivity index (χ1v) is 6.68. The lowest BCUT2D eigenvalue weighted by atomic mass is 9.98. The standard InChI is InChI=1S/C16H19FN2/c1-3-12-6-5-11-19-15(12)16(18-4-2)13-7-9-14(17)10-8-13/h5-11,16,18H,3-4H2,1-2H3. The summed E-state index contributed by atoms with van der Waals surface area (Å²) in [6, 6.07) is 10.7. The summed E-state index contributed by atoms with van der Waals surface area (Å²) in [6.45, 7) is 5.01. The highest BCUT2D eigenvalue weighted by Crippen LogP contribution is 2.23. The van der Waals surface area contributed by atoms with Crippen LogP contribution in [0, 0.1) is 5.82 Å². The number of pyridine rings is 1. The van der Waals surface area contributed by atoms with Gasteiger partial charge in [0.1, 0.15) is 5.82 Å². The van der Waals surface area contributed by atoms with Crippen molar-refractivity contribution in [2.75, 3.05) is 6.54 Å². The molecule has 0 radical (unpaired) electrons. The summed E-state index contributed by atoms with van der Waals surface area (Å²) in [5.74, 6) is -0.212. The highest BCUT2D eigenvalue weighted by atomic mass is 19.1. The van der Waals surface area contributed by atoms with Gasteiger partial charge in [0.2, 0.25) is 0 Å². The summed E-state index contributed by atoms with van der Waals surface area (Å²) in [7, 11) is 0. The monoisotopic (exact) mass is 258 g/mol. The largest absolute Gasteiger partial charge is 0.305 e. The number of hydrogen-bond acceptors (Lipinski definition) is 2. The zero-order valence-electron chi connectivity index (χ0n) is 11.4. The van der Waals surface area contributed by atoms with Crippen LogP contribution >= 0.6 is 0 Å². The topological polar surface area (TPSA) is 24.9 Å². The van der Waals surface area contributed by atoms with Gasteiger partial charge in [0.05, 0.1) is 11.7 Å². The third-order valence-electron chi connectivity index (χ3n) is 3.19. The van der Waals surface area contributed by atoms with Gasteiger partial charge in [-0.15, -0.1) is 0 Å². The lowest BCUT2D eigenvalue weighted by Crippen LogP contribution is -2.24. The third-order valence-corrected chi connectivity index (χ3v) is 3.19.